The van der Waals surface area contributed by atoms with Crippen molar-refractivity contribution in [1.82, 2.24) is 5.32 Å². The third-order valence-corrected chi connectivity index (χ3v) is 2.51. The van der Waals surface area contributed by atoms with Gasteiger partial charge in [0.05, 0.1) is 11.4 Å². The summed E-state index contributed by atoms with van der Waals surface area (Å²) in [5.74, 6) is 0.736. The molecule has 4 heteroatoms. The first-order valence-electron chi connectivity index (χ1n) is 6.07. The second kappa shape index (κ2) is 9.58. The van der Waals surface area contributed by atoms with E-state index < -0.39 is 0 Å². The maximum Gasteiger partial charge on any atom is 0.226 e. The van der Waals surface area contributed by atoms with Crippen LogP contribution in [0.2, 0.25) is 0 Å². The maximum atomic E-state index is 11.2. The number of hydrogen-bond acceptors (Lipinski definition) is 2. The quantitative estimate of drug-likeness (QED) is 0.483. The summed E-state index contributed by atoms with van der Waals surface area (Å²) >= 11 is 4.65. The van der Waals surface area contributed by atoms with Gasteiger partial charge in [0.1, 0.15) is 0 Å². The predicted octanol–water partition coefficient (Wildman–Crippen LogP) is 2.39. The fourth-order valence-corrected chi connectivity index (χ4v) is 1.61. The van der Waals surface area contributed by atoms with Crippen LogP contribution in [-0.4, -0.2) is 17.4 Å². The van der Waals surface area contributed by atoms with Crippen molar-refractivity contribution in [3.8, 4) is 0 Å². The van der Waals surface area contributed by atoms with Crippen molar-refractivity contribution < 1.29 is 4.79 Å². The maximum absolute atomic E-state index is 11.2. The van der Waals surface area contributed by atoms with Crippen LogP contribution in [0.3, 0.4) is 0 Å². The third-order valence-electron chi connectivity index (χ3n) is 2.37. The molecule has 0 fully saturated rings. The van der Waals surface area contributed by atoms with E-state index in [0.29, 0.717) is 0 Å². The number of hydrogen-bond donors (Lipinski definition) is 2. The predicted molar refractivity (Wildman–Crippen MR) is 72.3 cm³/mol. The van der Waals surface area contributed by atoms with Gasteiger partial charge < -0.3 is 11.1 Å². The molecule has 0 aliphatic carbocycles. The molecule has 0 aromatic rings. The lowest BCUT2D eigenvalue weighted by atomic mass is 10.0. The van der Waals surface area contributed by atoms with E-state index in [-0.39, 0.29) is 17.3 Å². The zero-order valence-corrected chi connectivity index (χ0v) is 11.2. The number of amides is 1. The van der Waals surface area contributed by atoms with Crippen molar-refractivity contribution in [1.29, 1.82) is 0 Å². The van der Waals surface area contributed by atoms with E-state index in [1.54, 1.807) is 0 Å². The summed E-state index contributed by atoms with van der Waals surface area (Å²) in [5.41, 5.74) is 5.26. The lowest BCUT2D eigenvalue weighted by molar-refractivity contribution is -0.119. The van der Waals surface area contributed by atoms with E-state index in [1.807, 2.05) is 0 Å². The Morgan fingerprint density at radius 3 is 2.44 bits per heavy atom. The van der Waals surface area contributed by atoms with Gasteiger partial charge in [0.15, 0.2) is 0 Å². The Morgan fingerprint density at radius 1 is 1.25 bits per heavy atom. The van der Waals surface area contributed by atoms with Crippen LogP contribution in [0.1, 0.15) is 52.4 Å². The molecule has 0 radical (unpaired) electrons. The van der Waals surface area contributed by atoms with Crippen LogP contribution >= 0.6 is 12.2 Å². The highest BCUT2D eigenvalue weighted by Crippen LogP contribution is 2.08. The molecule has 0 aliphatic rings. The summed E-state index contributed by atoms with van der Waals surface area (Å²) in [6.45, 7) is 5.23. The Balaban J connectivity index is 3.21. The van der Waals surface area contributed by atoms with Gasteiger partial charge in [-0.15, -0.1) is 0 Å². The Kier molecular flexibility index (Phi) is 9.19. The van der Waals surface area contributed by atoms with Gasteiger partial charge in [-0.3, -0.25) is 4.79 Å². The molecular weight excluding hydrogens is 220 g/mol. The minimum absolute atomic E-state index is 0.0605. The largest absolute Gasteiger partial charge is 0.393 e. The fraction of sp³-hybridized carbons (Fsp3) is 0.833. The minimum atomic E-state index is -0.0605. The van der Waals surface area contributed by atoms with Crippen molar-refractivity contribution in [2.45, 2.75) is 52.4 Å². The fourth-order valence-electron chi connectivity index (χ4n) is 1.48. The summed E-state index contributed by atoms with van der Waals surface area (Å²) in [6.07, 6.45) is 6.24. The lowest BCUT2D eigenvalue weighted by Crippen LogP contribution is -2.28. The molecule has 0 saturated carbocycles. The molecule has 0 bridgehead atoms. The van der Waals surface area contributed by atoms with E-state index >= 15 is 0 Å². The highest BCUT2D eigenvalue weighted by molar-refractivity contribution is 7.80. The van der Waals surface area contributed by atoms with E-state index in [4.69, 9.17) is 5.73 Å². The van der Waals surface area contributed by atoms with Crippen LogP contribution < -0.4 is 11.1 Å². The van der Waals surface area contributed by atoms with E-state index in [2.05, 4.69) is 31.4 Å². The second-order valence-electron chi connectivity index (χ2n) is 4.59. The summed E-state index contributed by atoms with van der Waals surface area (Å²) in [4.78, 5) is 11.4. The van der Waals surface area contributed by atoms with Gasteiger partial charge in [0.2, 0.25) is 5.91 Å². The van der Waals surface area contributed by atoms with Crippen LogP contribution in [0, 0.1) is 5.92 Å². The Hall–Kier alpha value is -0.640. The second-order valence-corrected chi connectivity index (χ2v) is 5.11. The summed E-state index contributed by atoms with van der Waals surface area (Å²) < 4.78 is 0. The van der Waals surface area contributed by atoms with Gasteiger partial charge in [-0.2, -0.15) is 0 Å². The summed E-state index contributed by atoms with van der Waals surface area (Å²) in [5, 5.41) is 2.81. The Bertz CT molecular complexity index is 217. The van der Waals surface area contributed by atoms with Crippen molar-refractivity contribution in [3.63, 3.8) is 0 Å². The zero-order chi connectivity index (χ0) is 12.4. The molecule has 94 valence electrons. The van der Waals surface area contributed by atoms with Gasteiger partial charge in [-0.1, -0.05) is 51.7 Å². The van der Waals surface area contributed by atoms with Crippen molar-refractivity contribution in [2.24, 2.45) is 11.7 Å². The number of thiocarbonyl (C=S) groups is 1. The number of unbranched alkanes of at least 4 members (excludes halogenated alkanes) is 3. The van der Waals surface area contributed by atoms with Crippen LogP contribution in [0.5, 0.6) is 0 Å². The smallest absolute Gasteiger partial charge is 0.226 e. The topological polar surface area (TPSA) is 55.1 Å². The molecular formula is C12H24N2OS. The van der Waals surface area contributed by atoms with Gasteiger partial charge in [-0.25, -0.2) is 0 Å². The average molecular weight is 244 g/mol. The van der Waals surface area contributed by atoms with Crippen molar-refractivity contribution in [2.75, 3.05) is 6.54 Å². The molecule has 0 atom stereocenters. The molecule has 0 heterocycles. The number of carbonyl (C=O) groups is 1. The highest BCUT2D eigenvalue weighted by Gasteiger charge is 2.01. The summed E-state index contributed by atoms with van der Waals surface area (Å²) in [6, 6.07) is 0. The Labute approximate surface area is 104 Å². The van der Waals surface area contributed by atoms with Crippen LogP contribution in [0.15, 0.2) is 0 Å². The van der Waals surface area contributed by atoms with Gasteiger partial charge in [0.25, 0.3) is 0 Å². The van der Waals surface area contributed by atoms with E-state index in [9.17, 15) is 4.79 Å². The van der Waals surface area contributed by atoms with Gasteiger partial charge >= 0.3 is 0 Å². The average Bonchev–Trinajstić information content (AvgIpc) is 2.14. The Morgan fingerprint density at radius 2 is 1.88 bits per heavy atom. The SMILES string of the molecule is CC(C)CCCCCCNC(=O)CC(N)=S. The molecule has 3 N–H and O–H groups in total. The van der Waals surface area contributed by atoms with Crippen LogP contribution in [0.25, 0.3) is 0 Å². The number of nitrogens with two attached hydrogens (primary N) is 1. The number of nitrogens with one attached hydrogen (secondary N) is 1. The summed E-state index contributed by atoms with van der Waals surface area (Å²) in [7, 11) is 0. The van der Waals surface area contributed by atoms with E-state index in [0.717, 1.165) is 18.9 Å². The van der Waals surface area contributed by atoms with Crippen molar-refractivity contribution >= 4 is 23.1 Å². The van der Waals surface area contributed by atoms with E-state index in [1.165, 1.54) is 25.7 Å². The van der Waals surface area contributed by atoms with Gasteiger partial charge in [-0.05, 0) is 12.3 Å². The molecule has 1 amide bonds. The third kappa shape index (κ3) is 11.4. The van der Waals surface area contributed by atoms with Gasteiger partial charge in [0, 0.05) is 6.54 Å². The first-order valence-corrected chi connectivity index (χ1v) is 6.48. The molecule has 0 aliphatic heterocycles. The number of rotatable bonds is 9. The molecule has 3 nitrogen and oxygen atoms in total. The number of carbonyl (C=O) groups excluding carboxylic acids is 1. The zero-order valence-electron chi connectivity index (χ0n) is 10.4. The molecule has 0 rings (SSSR count). The van der Waals surface area contributed by atoms with Crippen molar-refractivity contribution in [3.05, 3.63) is 0 Å². The lowest BCUT2D eigenvalue weighted by Gasteiger charge is -2.05. The first-order chi connectivity index (χ1) is 7.52. The monoisotopic (exact) mass is 244 g/mol. The normalized spacial score (nSPS) is 10.4. The minimum Gasteiger partial charge on any atom is -0.393 e. The molecule has 0 aromatic carbocycles. The standard InChI is InChI=1S/C12H24N2OS/c1-10(2)7-5-3-4-6-8-14-12(15)9-11(13)16/h10H,3-9H2,1-2H3,(H2,13,16)(H,14,15). The molecule has 0 aromatic heterocycles. The molecule has 0 spiro atoms. The molecule has 0 unspecified atom stereocenters. The van der Waals surface area contributed by atoms with Crippen LogP contribution in [-0.2, 0) is 4.79 Å². The first kappa shape index (κ1) is 15.4. The highest BCUT2D eigenvalue weighted by atomic mass is 32.1. The van der Waals surface area contributed by atoms with Crippen LogP contribution in [0.4, 0.5) is 0 Å². The molecule has 16 heavy (non-hydrogen) atoms. The molecule has 0 saturated heterocycles.